The molecule has 0 radical (unpaired) electrons. The second-order valence-corrected chi connectivity index (χ2v) is 11.6. The number of cyclic esters (lactones) is 1. The Morgan fingerprint density at radius 2 is 2.00 bits per heavy atom. The fourth-order valence-corrected chi connectivity index (χ4v) is 5.75. The Bertz CT molecular complexity index is 1030. The molecule has 4 rings (SSSR count). The van der Waals surface area contributed by atoms with Gasteiger partial charge in [-0.2, -0.15) is 0 Å². The molecule has 0 aromatic rings. The zero-order chi connectivity index (χ0) is 28.6. The summed E-state index contributed by atoms with van der Waals surface area (Å²) in [7, 11) is 0. The van der Waals surface area contributed by atoms with Crippen LogP contribution in [0.25, 0.3) is 0 Å². The number of carbonyl (C=O) groups excluding carboxylic acids is 2. The van der Waals surface area contributed by atoms with Gasteiger partial charge in [-0.05, 0) is 44.9 Å². The van der Waals surface area contributed by atoms with Crippen LogP contribution in [0.5, 0.6) is 0 Å². The van der Waals surface area contributed by atoms with E-state index in [0.29, 0.717) is 25.4 Å². The lowest BCUT2D eigenvalue weighted by Gasteiger charge is -2.28. The van der Waals surface area contributed by atoms with Gasteiger partial charge in [0.1, 0.15) is 24.4 Å². The highest BCUT2D eigenvalue weighted by atomic mass is 16.6. The number of carbonyl (C=O) groups is 2. The van der Waals surface area contributed by atoms with Crippen LogP contribution in [0.2, 0.25) is 0 Å². The van der Waals surface area contributed by atoms with Gasteiger partial charge in [-0.25, -0.2) is 4.79 Å². The van der Waals surface area contributed by atoms with Gasteiger partial charge in [-0.15, -0.1) is 0 Å². The Kier molecular flexibility index (Phi) is 11.0. The molecule has 1 fully saturated rings. The maximum Gasteiger partial charge on any atom is 0.330 e. The van der Waals surface area contributed by atoms with Crippen LogP contribution < -0.4 is 0 Å². The SMILES string of the molecule is C=C1C[C@H](C)C[C@@H]2CC=C[C@@H](C/C=C\C(=O)O[C@H]([C@@H](O)/C=C/[C@@H]3CC(C)=CCO3)C[C@H]3O[C@H]3[C@@H](OC(C)=O)C1)O2. The molecule has 0 aliphatic carbocycles. The summed E-state index contributed by atoms with van der Waals surface area (Å²) in [5, 5.41) is 11.0. The van der Waals surface area contributed by atoms with Crippen LogP contribution in [0.3, 0.4) is 0 Å². The molecule has 4 aliphatic rings. The van der Waals surface area contributed by atoms with Gasteiger partial charge in [0.2, 0.25) is 0 Å². The third kappa shape index (κ3) is 9.54. The van der Waals surface area contributed by atoms with Crippen molar-refractivity contribution in [1.82, 2.24) is 0 Å². The summed E-state index contributed by atoms with van der Waals surface area (Å²) in [6.07, 6.45) is 14.1. The highest BCUT2D eigenvalue weighted by molar-refractivity contribution is 5.82. The summed E-state index contributed by atoms with van der Waals surface area (Å²) < 4.78 is 29.3. The van der Waals surface area contributed by atoms with Gasteiger partial charge in [0.25, 0.3) is 0 Å². The van der Waals surface area contributed by atoms with E-state index < -0.39 is 24.3 Å². The molecule has 1 N–H and O–H groups in total. The number of esters is 2. The number of hydrogen-bond acceptors (Lipinski definition) is 8. The molecule has 0 saturated carbocycles. The van der Waals surface area contributed by atoms with Gasteiger partial charge < -0.3 is 28.8 Å². The van der Waals surface area contributed by atoms with E-state index in [1.165, 1.54) is 18.6 Å². The van der Waals surface area contributed by atoms with Crippen molar-refractivity contribution in [3.63, 3.8) is 0 Å². The number of aliphatic hydroxyl groups is 1. The Balaban J connectivity index is 1.50. The molecule has 9 atom stereocenters. The molecule has 2 bridgehead atoms. The Morgan fingerprint density at radius 3 is 2.77 bits per heavy atom. The lowest BCUT2D eigenvalue weighted by Crippen LogP contribution is -2.33. The number of ether oxygens (including phenoxy) is 5. The average Bonchev–Trinajstić information content (AvgIpc) is 3.65. The van der Waals surface area contributed by atoms with Crippen molar-refractivity contribution >= 4 is 11.9 Å². The fourth-order valence-electron chi connectivity index (χ4n) is 5.75. The Labute approximate surface area is 237 Å². The Hall–Kier alpha value is -2.52. The van der Waals surface area contributed by atoms with Crippen molar-refractivity contribution < 1.29 is 38.4 Å². The van der Waals surface area contributed by atoms with E-state index in [4.69, 9.17) is 23.7 Å². The highest BCUT2D eigenvalue weighted by Gasteiger charge is 2.48. The van der Waals surface area contributed by atoms with Crippen molar-refractivity contribution in [2.24, 2.45) is 5.92 Å². The summed E-state index contributed by atoms with van der Waals surface area (Å²) in [4.78, 5) is 24.7. The normalized spacial score (nSPS) is 37.4. The van der Waals surface area contributed by atoms with E-state index in [1.54, 1.807) is 12.2 Å². The summed E-state index contributed by atoms with van der Waals surface area (Å²) in [6.45, 7) is 10.4. The molecule has 0 aromatic heterocycles. The van der Waals surface area contributed by atoms with Crippen LogP contribution in [0, 0.1) is 5.92 Å². The van der Waals surface area contributed by atoms with Gasteiger partial charge in [-0.3, -0.25) is 4.79 Å². The molecular formula is C32H44O8. The lowest BCUT2D eigenvalue weighted by atomic mass is 9.90. The number of hydrogen-bond donors (Lipinski definition) is 1. The van der Waals surface area contributed by atoms with Gasteiger partial charge in [0.05, 0.1) is 31.0 Å². The van der Waals surface area contributed by atoms with E-state index in [9.17, 15) is 14.7 Å². The molecule has 4 heterocycles. The monoisotopic (exact) mass is 556 g/mol. The Morgan fingerprint density at radius 1 is 1.18 bits per heavy atom. The van der Waals surface area contributed by atoms with Gasteiger partial charge >= 0.3 is 11.9 Å². The second kappa shape index (κ2) is 14.4. The molecule has 0 aromatic carbocycles. The van der Waals surface area contributed by atoms with E-state index in [1.807, 2.05) is 25.2 Å². The third-order valence-electron chi connectivity index (χ3n) is 7.74. The molecule has 0 unspecified atom stereocenters. The van der Waals surface area contributed by atoms with E-state index in [2.05, 4.69) is 19.6 Å². The number of aliphatic hydroxyl groups excluding tert-OH is 1. The second-order valence-electron chi connectivity index (χ2n) is 11.6. The first kappa shape index (κ1) is 30.4. The first-order valence-electron chi connectivity index (χ1n) is 14.5. The zero-order valence-corrected chi connectivity index (χ0v) is 23.9. The molecule has 4 aliphatic heterocycles. The zero-order valence-electron chi connectivity index (χ0n) is 23.9. The summed E-state index contributed by atoms with van der Waals surface area (Å²) in [5.74, 6) is -0.580. The molecule has 0 amide bonds. The minimum absolute atomic E-state index is 0.0937. The fraction of sp³-hybridized carbons (Fsp3) is 0.625. The minimum Gasteiger partial charge on any atom is -0.459 e. The maximum absolute atomic E-state index is 12.8. The molecule has 40 heavy (non-hydrogen) atoms. The number of fused-ring (bicyclic) bond motifs is 3. The van der Waals surface area contributed by atoms with Crippen LogP contribution in [-0.2, 0) is 33.3 Å². The highest BCUT2D eigenvalue weighted by Crippen LogP contribution is 2.36. The average molecular weight is 557 g/mol. The van der Waals surface area contributed by atoms with Crippen molar-refractivity contribution in [3.05, 3.63) is 60.3 Å². The molecule has 1 saturated heterocycles. The van der Waals surface area contributed by atoms with Gasteiger partial charge in [-0.1, -0.05) is 61.1 Å². The van der Waals surface area contributed by atoms with Crippen LogP contribution in [0.15, 0.2) is 60.3 Å². The molecule has 0 spiro atoms. The molecule has 8 heteroatoms. The predicted molar refractivity (Wildman–Crippen MR) is 150 cm³/mol. The first-order valence-corrected chi connectivity index (χ1v) is 14.5. The first-order chi connectivity index (χ1) is 19.2. The summed E-state index contributed by atoms with van der Waals surface area (Å²) >= 11 is 0. The number of epoxide rings is 1. The molecular weight excluding hydrogens is 512 g/mol. The van der Waals surface area contributed by atoms with Crippen molar-refractivity contribution in [2.75, 3.05) is 6.61 Å². The topological polar surface area (TPSA) is 104 Å². The standard InChI is InChI=1S/C32H44O8/c1-20-13-14-36-25(16-20)11-12-27(34)28-19-30-32(40-30)29(37-23(4)33)18-22(3)15-21(2)17-26-9-5-7-24(38-26)8-6-10-31(35)39-28/h5-7,10-13,21,24-30,32,34H,3,8-9,14-19H2,1-2,4H3/b10-6-,12-11+/t21-,24-,25+,26-,27-,28-,29-,30+,32-/m0/s1. The maximum atomic E-state index is 12.8. The largest absolute Gasteiger partial charge is 0.459 e. The van der Waals surface area contributed by atoms with Crippen LogP contribution in [0.4, 0.5) is 0 Å². The summed E-state index contributed by atoms with van der Waals surface area (Å²) in [5.41, 5.74) is 2.22. The van der Waals surface area contributed by atoms with Gasteiger partial charge in [0.15, 0.2) is 0 Å². The van der Waals surface area contributed by atoms with Crippen LogP contribution >= 0.6 is 0 Å². The summed E-state index contributed by atoms with van der Waals surface area (Å²) in [6, 6.07) is 0. The predicted octanol–water partition coefficient (Wildman–Crippen LogP) is 4.68. The van der Waals surface area contributed by atoms with E-state index in [0.717, 1.165) is 31.3 Å². The van der Waals surface area contributed by atoms with E-state index >= 15 is 0 Å². The van der Waals surface area contributed by atoms with Gasteiger partial charge in [0, 0.05) is 25.8 Å². The smallest absolute Gasteiger partial charge is 0.330 e. The van der Waals surface area contributed by atoms with Crippen molar-refractivity contribution in [1.29, 1.82) is 0 Å². The van der Waals surface area contributed by atoms with Crippen LogP contribution in [0.1, 0.15) is 65.7 Å². The van der Waals surface area contributed by atoms with Crippen molar-refractivity contribution in [3.8, 4) is 0 Å². The lowest BCUT2D eigenvalue weighted by molar-refractivity contribution is -0.148. The minimum atomic E-state index is -1.06. The number of rotatable bonds is 4. The molecule has 8 nitrogen and oxygen atoms in total. The third-order valence-corrected chi connectivity index (χ3v) is 7.74. The molecule has 220 valence electrons. The van der Waals surface area contributed by atoms with Crippen LogP contribution in [-0.4, -0.2) is 72.5 Å². The quantitative estimate of drug-likeness (QED) is 0.303. The van der Waals surface area contributed by atoms with E-state index in [-0.39, 0.29) is 42.9 Å². The van der Waals surface area contributed by atoms with Crippen molar-refractivity contribution in [2.45, 2.75) is 115 Å².